The van der Waals surface area contributed by atoms with Crippen molar-refractivity contribution in [2.75, 3.05) is 11.4 Å². The van der Waals surface area contributed by atoms with Crippen LogP contribution in [-0.4, -0.2) is 32.0 Å². The quantitative estimate of drug-likeness (QED) is 0.531. The van der Waals surface area contributed by atoms with Crippen LogP contribution in [0.4, 0.5) is 5.69 Å². The first-order valence-corrected chi connectivity index (χ1v) is 9.94. The van der Waals surface area contributed by atoms with E-state index in [1.54, 1.807) is 15.8 Å². The van der Waals surface area contributed by atoms with E-state index in [-0.39, 0.29) is 18.0 Å². The summed E-state index contributed by atoms with van der Waals surface area (Å²) in [6.07, 6.45) is 2.48. The van der Waals surface area contributed by atoms with Gasteiger partial charge in [-0.3, -0.25) is 9.59 Å². The zero-order valence-corrected chi connectivity index (χ0v) is 16.9. The third-order valence-corrected chi connectivity index (χ3v) is 5.68. The van der Waals surface area contributed by atoms with Gasteiger partial charge < -0.3 is 4.90 Å². The predicted molar refractivity (Wildman–Crippen MR) is 115 cm³/mol. The Morgan fingerprint density at radius 3 is 2.57 bits per heavy atom. The maximum atomic E-state index is 13.3. The van der Waals surface area contributed by atoms with Crippen molar-refractivity contribution in [1.29, 1.82) is 0 Å². The number of aromatic nitrogens is 4. The van der Waals surface area contributed by atoms with E-state index >= 15 is 0 Å². The van der Waals surface area contributed by atoms with Gasteiger partial charge in [0.25, 0.3) is 5.56 Å². The molecule has 7 heteroatoms. The number of aryl methyl sites for hydroxylation is 2. The highest BCUT2D eigenvalue weighted by Crippen LogP contribution is 2.27. The Hall–Kier alpha value is -3.74. The Kier molecular flexibility index (Phi) is 4.24. The maximum Gasteiger partial charge on any atom is 0.293 e. The molecule has 1 aliphatic heterocycles. The predicted octanol–water partition coefficient (Wildman–Crippen LogP) is 2.79. The monoisotopic (exact) mass is 399 g/mol. The molecule has 0 radical (unpaired) electrons. The molecule has 30 heavy (non-hydrogen) atoms. The Labute approximate surface area is 173 Å². The molecule has 0 saturated heterocycles. The van der Waals surface area contributed by atoms with Crippen LogP contribution in [0, 0.1) is 13.8 Å². The molecule has 0 spiro atoms. The summed E-state index contributed by atoms with van der Waals surface area (Å²) in [5.41, 5.74) is 4.69. The molecule has 1 amide bonds. The van der Waals surface area contributed by atoms with Gasteiger partial charge in [0.1, 0.15) is 12.1 Å². The minimum absolute atomic E-state index is 0.108. The highest BCUT2D eigenvalue weighted by atomic mass is 16.2. The molecule has 2 aromatic carbocycles. The van der Waals surface area contributed by atoms with Gasteiger partial charge in [0, 0.05) is 17.6 Å². The van der Waals surface area contributed by atoms with Crippen LogP contribution in [0.3, 0.4) is 0 Å². The number of fused-ring (bicyclic) bond motifs is 2. The minimum atomic E-state index is -0.322. The molecule has 0 unspecified atom stereocenters. The van der Waals surface area contributed by atoms with Crippen LogP contribution in [0.2, 0.25) is 0 Å². The van der Waals surface area contributed by atoms with Gasteiger partial charge >= 0.3 is 0 Å². The molecule has 4 aromatic rings. The van der Waals surface area contributed by atoms with Crippen molar-refractivity contribution < 1.29 is 4.79 Å². The minimum Gasteiger partial charge on any atom is -0.310 e. The molecule has 0 N–H and O–H groups in total. The second-order valence-corrected chi connectivity index (χ2v) is 7.58. The number of hydrogen-bond donors (Lipinski definition) is 0. The Morgan fingerprint density at radius 2 is 1.77 bits per heavy atom. The summed E-state index contributed by atoms with van der Waals surface area (Å²) < 4.78 is 2.91. The van der Waals surface area contributed by atoms with Crippen LogP contribution >= 0.6 is 0 Å². The molecule has 3 heterocycles. The molecule has 5 rings (SSSR count). The SMILES string of the molecule is Cc1ccccc1-n1ncc2c(C)nn(CC(=O)N3CCc4ccccc43)c(=O)c21. The highest BCUT2D eigenvalue weighted by molar-refractivity contribution is 5.95. The number of benzene rings is 2. The molecule has 0 fully saturated rings. The summed E-state index contributed by atoms with van der Waals surface area (Å²) in [5.74, 6) is -0.143. The van der Waals surface area contributed by atoms with Crippen molar-refractivity contribution >= 4 is 22.5 Å². The van der Waals surface area contributed by atoms with Gasteiger partial charge in [-0.15, -0.1) is 0 Å². The van der Waals surface area contributed by atoms with Crippen LogP contribution in [0.15, 0.2) is 59.5 Å². The van der Waals surface area contributed by atoms with Crippen molar-refractivity contribution in [3.8, 4) is 5.69 Å². The second-order valence-electron chi connectivity index (χ2n) is 7.58. The zero-order valence-electron chi connectivity index (χ0n) is 16.9. The number of carbonyl (C=O) groups is 1. The highest BCUT2D eigenvalue weighted by Gasteiger charge is 2.25. The largest absolute Gasteiger partial charge is 0.310 e. The van der Waals surface area contributed by atoms with E-state index in [0.29, 0.717) is 23.1 Å². The van der Waals surface area contributed by atoms with Crippen LogP contribution in [0.25, 0.3) is 16.6 Å². The number of anilines is 1. The van der Waals surface area contributed by atoms with E-state index in [0.717, 1.165) is 28.9 Å². The maximum absolute atomic E-state index is 13.3. The van der Waals surface area contributed by atoms with Crippen molar-refractivity contribution in [2.24, 2.45) is 0 Å². The van der Waals surface area contributed by atoms with Gasteiger partial charge in [0.15, 0.2) is 0 Å². The zero-order chi connectivity index (χ0) is 20.8. The Bertz CT molecular complexity index is 1350. The van der Waals surface area contributed by atoms with Crippen molar-refractivity contribution in [2.45, 2.75) is 26.8 Å². The van der Waals surface area contributed by atoms with Crippen molar-refractivity contribution in [1.82, 2.24) is 19.6 Å². The summed E-state index contributed by atoms with van der Waals surface area (Å²) in [4.78, 5) is 28.1. The lowest BCUT2D eigenvalue weighted by atomic mass is 10.2. The van der Waals surface area contributed by atoms with Gasteiger partial charge in [0.2, 0.25) is 5.91 Å². The summed E-state index contributed by atoms with van der Waals surface area (Å²) in [6, 6.07) is 15.6. The van der Waals surface area contributed by atoms with Gasteiger partial charge in [0.05, 0.1) is 17.6 Å². The van der Waals surface area contributed by atoms with E-state index in [1.165, 1.54) is 4.68 Å². The average molecular weight is 399 g/mol. The molecular formula is C23H21N5O2. The lowest BCUT2D eigenvalue weighted by Gasteiger charge is -2.18. The molecule has 7 nitrogen and oxygen atoms in total. The average Bonchev–Trinajstić information content (AvgIpc) is 3.37. The third-order valence-electron chi connectivity index (χ3n) is 5.68. The number of nitrogens with zero attached hydrogens (tertiary/aromatic N) is 5. The molecule has 1 aliphatic rings. The fourth-order valence-corrected chi connectivity index (χ4v) is 4.12. The fourth-order valence-electron chi connectivity index (χ4n) is 4.12. The number of amides is 1. The van der Waals surface area contributed by atoms with E-state index in [2.05, 4.69) is 10.2 Å². The molecule has 2 aromatic heterocycles. The van der Waals surface area contributed by atoms with Gasteiger partial charge in [-0.1, -0.05) is 36.4 Å². The number of hydrogen-bond acceptors (Lipinski definition) is 4. The van der Waals surface area contributed by atoms with Crippen LogP contribution in [0.1, 0.15) is 16.8 Å². The van der Waals surface area contributed by atoms with Crippen LogP contribution < -0.4 is 10.5 Å². The standard InChI is InChI=1S/C23H21N5O2/c1-15-7-3-5-9-19(15)28-22-18(13-24-28)16(2)25-27(23(22)30)14-21(29)26-12-11-17-8-4-6-10-20(17)26/h3-10,13H,11-12,14H2,1-2H3. The topological polar surface area (TPSA) is 73.0 Å². The second kappa shape index (κ2) is 6.95. The first-order valence-electron chi connectivity index (χ1n) is 9.94. The Morgan fingerprint density at radius 1 is 1.03 bits per heavy atom. The first kappa shape index (κ1) is 18.3. The van der Waals surface area contributed by atoms with Gasteiger partial charge in [-0.25, -0.2) is 9.36 Å². The molecule has 150 valence electrons. The van der Waals surface area contributed by atoms with Gasteiger partial charge in [-0.05, 0) is 43.5 Å². The fraction of sp³-hybridized carbons (Fsp3) is 0.217. The van der Waals surface area contributed by atoms with E-state index in [9.17, 15) is 9.59 Å². The van der Waals surface area contributed by atoms with Crippen LogP contribution in [0.5, 0.6) is 0 Å². The summed E-state index contributed by atoms with van der Waals surface area (Å²) in [6.45, 7) is 4.32. The van der Waals surface area contributed by atoms with Crippen molar-refractivity contribution in [3.05, 3.63) is 81.9 Å². The lowest BCUT2D eigenvalue weighted by Crippen LogP contribution is -2.37. The molecular weight excluding hydrogens is 378 g/mol. The summed E-state index contributed by atoms with van der Waals surface area (Å²) >= 11 is 0. The lowest BCUT2D eigenvalue weighted by molar-refractivity contribution is -0.119. The molecule has 0 saturated carbocycles. The number of rotatable bonds is 3. The number of para-hydroxylation sites is 2. The first-order chi connectivity index (χ1) is 14.5. The van der Waals surface area contributed by atoms with E-state index in [1.807, 2.05) is 62.4 Å². The third kappa shape index (κ3) is 2.82. The van der Waals surface area contributed by atoms with Gasteiger partial charge in [-0.2, -0.15) is 10.2 Å². The summed E-state index contributed by atoms with van der Waals surface area (Å²) in [7, 11) is 0. The molecule has 0 atom stereocenters. The molecule has 0 aliphatic carbocycles. The van der Waals surface area contributed by atoms with E-state index in [4.69, 9.17) is 0 Å². The Balaban J connectivity index is 1.57. The van der Waals surface area contributed by atoms with Crippen molar-refractivity contribution in [3.63, 3.8) is 0 Å². The van der Waals surface area contributed by atoms with Crippen LogP contribution in [-0.2, 0) is 17.8 Å². The number of carbonyl (C=O) groups excluding carboxylic acids is 1. The van der Waals surface area contributed by atoms with E-state index < -0.39 is 0 Å². The molecule has 0 bridgehead atoms. The normalized spacial score (nSPS) is 13.1. The smallest absolute Gasteiger partial charge is 0.293 e. The summed E-state index contributed by atoms with van der Waals surface area (Å²) in [5, 5.41) is 9.54.